The number of benzene rings is 2. The number of carbonyl (C=O) groups is 1. The molecule has 1 heterocycles. The maximum atomic E-state index is 12.9. The molecule has 0 aliphatic carbocycles. The molecule has 0 radical (unpaired) electrons. The van der Waals surface area contributed by atoms with Crippen LogP contribution in [-0.4, -0.2) is 32.1 Å². The smallest absolute Gasteiger partial charge is 0.275 e. The van der Waals surface area contributed by atoms with Gasteiger partial charge in [-0.2, -0.15) is 0 Å². The topological polar surface area (TPSA) is 33.5 Å². The van der Waals surface area contributed by atoms with Gasteiger partial charge in [-0.15, -0.1) is 0 Å². The maximum absolute atomic E-state index is 12.9. The first kappa shape index (κ1) is 18.6. The van der Waals surface area contributed by atoms with Crippen LogP contribution < -0.4 is 10.2 Å². The number of rotatable bonds is 7. The van der Waals surface area contributed by atoms with Crippen molar-refractivity contribution in [3.8, 4) is 0 Å². The fourth-order valence-corrected chi connectivity index (χ4v) is 3.70. The van der Waals surface area contributed by atoms with Crippen LogP contribution in [0, 0.1) is 11.7 Å². The zero-order valence-corrected chi connectivity index (χ0v) is 15.2. The fourth-order valence-electron chi connectivity index (χ4n) is 3.70. The molecular formula is C22H28FN2O+. The summed E-state index contributed by atoms with van der Waals surface area (Å²) in [5, 5.41) is 2.99. The SMILES string of the molecule is O=C(C[NH+]1CCC(Cc2ccccc2)CC1)NCCc1ccc(F)cc1. The molecule has 2 N–H and O–H groups in total. The van der Waals surface area contributed by atoms with Crippen LogP contribution in [0.2, 0.25) is 0 Å². The minimum atomic E-state index is -0.225. The molecule has 1 aliphatic heterocycles. The number of hydrogen-bond acceptors (Lipinski definition) is 1. The molecule has 2 aromatic rings. The molecular weight excluding hydrogens is 327 g/mol. The normalized spacial score (nSPS) is 19.9. The zero-order valence-electron chi connectivity index (χ0n) is 15.2. The van der Waals surface area contributed by atoms with Crippen LogP contribution in [0.15, 0.2) is 54.6 Å². The van der Waals surface area contributed by atoms with Crippen LogP contribution in [0.4, 0.5) is 4.39 Å². The van der Waals surface area contributed by atoms with E-state index in [0.29, 0.717) is 13.1 Å². The van der Waals surface area contributed by atoms with Crippen LogP contribution in [0.3, 0.4) is 0 Å². The van der Waals surface area contributed by atoms with Crippen molar-refractivity contribution >= 4 is 5.91 Å². The zero-order chi connectivity index (χ0) is 18.2. The lowest BCUT2D eigenvalue weighted by molar-refractivity contribution is -0.898. The van der Waals surface area contributed by atoms with Gasteiger partial charge in [-0.25, -0.2) is 4.39 Å². The highest BCUT2D eigenvalue weighted by molar-refractivity contribution is 5.76. The lowest BCUT2D eigenvalue weighted by atomic mass is 9.90. The molecule has 4 heteroatoms. The fraction of sp³-hybridized carbons (Fsp3) is 0.409. The van der Waals surface area contributed by atoms with E-state index in [1.807, 2.05) is 0 Å². The van der Waals surface area contributed by atoms with Crippen molar-refractivity contribution in [1.29, 1.82) is 0 Å². The molecule has 0 saturated carbocycles. The van der Waals surface area contributed by atoms with Crippen LogP contribution in [-0.2, 0) is 17.6 Å². The molecule has 2 aromatic carbocycles. The van der Waals surface area contributed by atoms with Crippen molar-refractivity contribution in [3.05, 3.63) is 71.5 Å². The van der Waals surface area contributed by atoms with Gasteiger partial charge in [-0.3, -0.25) is 4.79 Å². The Morgan fingerprint density at radius 1 is 1.00 bits per heavy atom. The van der Waals surface area contributed by atoms with Gasteiger partial charge in [0.1, 0.15) is 5.82 Å². The quantitative estimate of drug-likeness (QED) is 0.783. The molecule has 0 spiro atoms. The molecule has 0 unspecified atom stereocenters. The summed E-state index contributed by atoms with van der Waals surface area (Å²) in [6.45, 7) is 3.31. The van der Waals surface area contributed by atoms with Crippen molar-refractivity contribution in [1.82, 2.24) is 5.32 Å². The Hall–Kier alpha value is -2.20. The molecule has 1 fully saturated rings. The van der Waals surface area contributed by atoms with Crippen LogP contribution >= 0.6 is 0 Å². The third-order valence-corrected chi connectivity index (χ3v) is 5.24. The van der Waals surface area contributed by atoms with E-state index in [0.717, 1.165) is 37.4 Å². The molecule has 26 heavy (non-hydrogen) atoms. The predicted molar refractivity (Wildman–Crippen MR) is 102 cm³/mol. The van der Waals surface area contributed by atoms with Crippen LogP contribution in [0.5, 0.6) is 0 Å². The molecule has 1 aliphatic rings. The number of piperidine rings is 1. The van der Waals surface area contributed by atoms with E-state index in [9.17, 15) is 9.18 Å². The first-order chi connectivity index (χ1) is 12.7. The van der Waals surface area contributed by atoms with Gasteiger partial charge in [-0.05, 0) is 54.9 Å². The van der Waals surface area contributed by atoms with Gasteiger partial charge in [0.25, 0.3) is 5.91 Å². The van der Waals surface area contributed by atoms with Gasteiger partial charge in [0.15, 0.2) is 6.54 Å². The number of likely N-dealkylation sites (tertiary alicyclic amines) is 1. The number of carbonyl (C=O) groups excluding carboxylic acids is 1. The molecule has 0 bridgehead atoms. The largest absolute Gasteiger partial charge is 0.351 e. The van der Waals surface area contributed by atoms with Crippen molar-refractivity contribution in [2.45, 2.75) is 25.7 Å². The second-order valence-electron chi connectivity index (χ2n) is 7.29. The molecule has 138 valence electrons. The standard InChI is InChI=1S/C22H27FN2O/c23-21-8-6-18(7-9-21)10-13-24-22(26)17-25-14-11-20(12-15-25)16-19-4-2-1-3-5-19/h1-9,20H,10-17H2,(H,24,26)/p+1. The monoisotopic (exact) mass is 355 g/mol. The highest BCUT2D eigenvalue weighted by atomic mass is 19.1. The van der Waals surface area contributed by atoms with Gasteiger partial charge < -0.3 is 10.2 Å². The van der Waals surface area contributed by atoms with Crippen molar-refractivity contribution in [3.63, 3.8) is 0 Å². The van der Waals surface area contributed by atoms with Crippen LogP contribution in [0.25, 0.3) is 0 Å². The van der Waals surface area contributed by atoms with Gasteiger partial charge in [0.2, 0.25) is 0 Å². The van der Waals surface area contributed by atoms with Crippen LogP contribution in [0.1, 0.15) is 24.0 Å². The second kappa shape index (κ2) is 9.48. The summed E-state index contributed by atoms with van der Waals surface area (Å²) in [5.74, 6) is 0.628. The summed E-state index contributed by atoms with van der Waals surface area (Å²) in [4.78, 5) is 13.5. The summed E-state index contributed by atoms with van der Waals surface area (Å²) >= 11 is 0. The first-order valence-corrected chi connectivity index (χ1v) is 9.57. The first-order valence-electron chi connectivity index (χ1n) is 9.57. The van der Waals surface area contributed by atoms with Crippen molar-refractivity contribution < 1.29 is 14.1 Å². The van der Waals surface area contributed by atoms with E-state index in [4.69, 9.17) is 0 Å². The van der Waals surface area contributed by atoms with Crippen molar-refractivity contribution in [2.24, 2.45) is 5.92 Å². The summed E-state index contributed by atoms with van der Waals surface area (Å²) in [6, 6.07) is 17.1. The summed E-state index contributed by atoms with van der Waals surface area (Å²) in [6.07, 6.45) is 4.26. The van der Waals surface area contributed by atoms with Gasteiger partial charge in [-0.1, -0.05) is 42.5 Å². The molecule has 0 atom stereocenters. The Bertz CT molecular complexity index is 679. The lowest BCUT2D eigenvalue weighted by Gasteiger charge is -2.29. The Morgan fingerprint density at radius 3 is 2.38 bits per heavy atom. The van der Waals surface area contributed by atoms with E-state index in [1.165, 1.54) is 35.4 Å². The predicted octanol–water partition coefficient (Wildman–Crippen LogP) is 2.02. The molecule has 0 aromatic heterocycles. The third kappa shape index (κ3) is 5.95. The third-order valence-electron chi connectivity index (χ3n) is 5.24. The van der Waals surface area contributed by atoms with Crippen molar-refractivity contribution in [2.75, 3.05) is 26.2 Å². The van der Waals surface area contributed by atoms with E-state index < -0.39 is 0 Å². The highest BCUT2D eigenvalue weighted by Gasteiger charge is 2.23. The number of amides is 1. The summed E-state index contributed by atoms with van der Waals surface area (Å²) < 4.78 is 12.9. The Kier molecular flexibility index (Phi) is 6.78. The average molecular weight is 355 g/mol. The summed E-state index contributed by atoms with van der Waals surface area (Å²) in [5.41, 5.74) is 2.46. The van der Waals surface area contributed by atoms with Gasteiger partial charge >= 0.3 is 0 Å². The summed E-state index contributed by atoms with van der Waals surface area (Å²) in [7, 11) is 0. The average Bonchev–Trinajstić information content (AvgIpc) is 2.66. The van der Waals surface area contributed by atoms with E-state index in [2.05, 4.69) is 35.6 Å². The molecule has 1 saturated heterocycles. The molecule has 1 amide bonds. The Morgan fingerprint density at radius 2 is 1.69 bits per heavy atom. The number of halogens is 1. The lowest BCUT2D eigenvalue weighted by Crippen LogP contribution is -3.14. The van der Waals surface area contributed by atoms with E-state index in [1.54, 1.807) is 12.1 Å². The molecule has 3 nitrogen and oxygen atoms in total. The second-order valence-corrected chi connectivity index (χ2v) is 7.29. The number of nitrogens with one attached hydrogen (secondary N) is 2. The highest BCUT2D eigenvalue weighted by Crippen LogP contribution is 2.16. The Labute approximate surface area is 155 Å². The number of hydrogen-bond donors (Lipinski definition) is 2. The minimum absolute atomic E-state index is 0.114. The van der Waals surface area contributed by atoms with E-state index >= 15 is 0 Å². The van der Waals surface area contributed by atoms with Gasteiger partial charge in [0.05, 0.1) is 13.1 Å². The Balaban J connectivity index is 1.32. The molecule has 3 rings (SSSR count). The minimum Gasteiger partial charge on any atom is -0.351 e. The maximum Gasteiger partial charge on any atom is 0.275 e. The van der Waals surface area contributed by atoms with E-state index in [-0.39, 0.29) is 11.7 Å². The van der Waals surface area contributed by atoms with Gasteiger partial charge in [0, 0.05) is 6.54 Å². The number of quaternary nitrogens is 1.